The molecule has 0 bridgehead atoms. The van der Waals surface area contributed by atoms with E-state index in [9.17, 15) is 9.59 Å². The van der Waals surface area contributed by atoms with E-state index in [4.69, 9.17) is 28.8 Å². The molecule has 0 aliphatic rings. The molecule has 0 spiro atoms. The predicted molar refractivity (Wildman–Crippen MR) is 85.6 cm³/mol. The maximum atomic E-state index is 11.8. The summed E-state index contributed by atoms with van der Waals surface area (Å²) in [4.78, 5) is 25.8. The first-order chi connectivity index (χ1) is 10.3. The van der Waals surface area contributed by atoms with Gasteiger partial charge in [0.05, 0.1) is 11.3 Å². The van der Waals surface area contributed by atoms with Crippen molar-refractivity contribution in [2.45, 2.75) is 13.0 Å². The van der Waals surface area contributed by atoms with E-state index in [-0.39, 0.29) is 11.4 Å². The summed E-state index contributed by atoms with van der Waals surface area (Å²) >= 11 is 5.99. The molecule has 0 aliphatic carbocycles. The molecular weight excluding hydrogens is 306 g/mol. The fraction of sp³-hybridized carbons (Fsp3) is 0.143. The van der Waals surface area contributed by atoms with Gasteiger partial charge in [0.1, 0.15) is 5.82 Å². The van der Waals surface area contributed by atoms with Gasteiger partial charge in [0.15, 0.2) is 0 Å². The smallest absolute Gasteiger partial charge is 0.317 e. The van der Waals surface area contributed by atoms with Crippen LogP contribution in [0.3, 0.4) is 0 Å². The van der Waals surface area contributed by atoms with Crippen molar-refractivity contribution in [3.63, 3.8) is 0 Å². The molecule has 7 nitrogen and oxygen atoms in total. The van der Waals surface area contributed by atoms with Gasteiger partial charge in [0.2, 0.25) is 0 Å². The first-order valence-electron chi connectivity index (χ1n) is 6.45. The van der Waals surface area contributed by atoms with Crippen LogP contribution in [-0.4, -0.2) is 16.9 Å². The van der Waals surface area contributed by atoms with E-state index in [1.165, 1.54) is 0 Å². The Labute approximate surface area is 131 Å². The molecule has 1 aromatic heterocycles. The van der Waals surface area contributed by atoms with E-state index in [2.05, 4.69) is 10.3 Å². The van der Waals surface area contributed by atoms with Crippen LogP contribution in [-0.2, 0) is 0 Å². The Bertz CT molecular complexity index is 739. The lowest BCUT2D eigenvalue weighted by Gasteiger charge is -2.10. The zero-order valence-corrected chi connectivity index (χ0v) is 12.6. The summed E-state index contributed by atoms with van der Waals surface area (Å²) in [6.45, 7) is 1.71. The number of rotatable bonds is 4. The number of aromatic nitrogens is 1. The second kappa shape index (κ2) is 6.08. The maximum absolute atomic E-state index is 11.8. The van der Waals surface area contributed by atoms with Crippen LogP contribution in [0.5, 0.6) is 0 Å². The number of aromatic amines is 1. The van der Waals surface area contributed by atoms with Crippen molar-refractivity contribution >= 4 is 29.4 Å². The molecule has 116 valence electrons. The standard InChI is InChI=1S/C14H16ClN5O2/c1-6(16)9-10(12(17)21)13(20-14(18)22)19-11(9)7-3-2-4-8(15)5-7/h2-6,19H,16H2,1H3,(H2,17,21)(H3,18,20,22). The molecule has 0 radical (unpaired) electrons. The SMILES string of the molecule is CC(N)c1c(-c2cccc(Cl)c2)[nH]c(NC(N)=O)c1C(N)=O. The molecule has 8 heteroatoms. The van der Waals surface area contributed by atoms with E-state index >= 15 is 0 Å². The number of hydrogen-bond acceptors (Lipinski definition) is 3. The third-order valence-electron chi connectivity index (χ3n) is 3.10. The lowest BCUT2D eigenvalue weighted by atomic mass is 9.99. The molecule has 8 N–H and O–H groups in total. The van der Waals surface area contributed by atoms with Crippen molar-refractivity contribution in [1.82, 2.24) is 4.98 Å². The predicted octanol–water partition coefficient (Wildman–Crippen LogP) is 1.94. The number of H-pyrrole nitrogens is 1. The van der Waals surface area contributed by atoms with Crippen LogP contribution in [0.15, 0.2) is 24.3 Å². The van der Waals surface area contributed by atoms with E-state index in [0.717, 1.165) is 0 Å². The highest BCUT2D eigenvalue weighted by Crippen LogP contribution is 2.35. The first-order valence-corrected chi connectivity index (χ1v) is 6.82. The summed E-state index contributed by atoms with van der Waals surface area (Å²) in [6, 6.07) is 5.65. The molecule has 0 saturated heterocycles. The zero-order chi connectivity index (χ0) is 16.4. The Morgan fingerprint density at radius 3 is 2.50 bits per heavy atom. The molecule has 3 amide bonds. The largest absolute Gasteiger partial charge is 0.365 e. The average molecular weight is 322 g/mol. The number of halogens is 1. The third kappa shape index (κ3) is 3.05. The first kappa shape index (κ1) is 15.9. The van der Waals surface area contributed by atoms with Crippen LogP contribution < -0.4 is 22.5 Å². The number of carbonyl (C=O) groups is 2. The van der Waals surface area contributed by atoms with Crippen LogP contribution in [0.1, 0.15) is 28.9 Å². The van der Waals surface area contributed by atoms with Gasteiger partial charge in [-0.05, 0) is 24.6 Å². The minimum Gasteiger partial charge on any atom is -0.365 e. The molecule has 1 atom stereocenters. The number of hydrogen-bond donors (Lipinski definition) is 5. The van der Waals surface area contributed by atoms with Crippen molar-refractivity contribution in [3.8, 4) is 11.3 Å². The fourth-order valence-corrected chi connectivity index (χ4v) is 2.50. The van der Waals surface area contributed by atoms with Gasteiger partial charge in [-0.1, -0.05) is 23.7 Å². The Morgan fingerprint density at radius 2 is 2.00 bits per heavy atom. The van der Waals surface area contributed by atoms with Crippen molar-refractivity contribution in [1.29, 1.82) is 0 Å². The van der Waals surface area contributed by atoms with E-state index in [0.29, 0.717) is 21.8 Å². The molecule has 2 aromatic rings. The van der Waals surface area contributed by atoms with Gasteiger partial charge < -0.3 is 22.2 Å². The van der Waals surface area contributed by atoms with Crippen LogP contribution in [0, 0.1) is 0 Å². The highest BCUT2D eigenvalue weighted by atomic mass is 35.5. The number of carbonyl (C=O) groups excluding carboxylic acids is 2. The summed E-state index contributed by atoms with van der Waals surface area (Å²) < 4.78 is 0. The Morgan fingerprint density at radius 1 is 1.32 bits per heavy atom. The molecule has 22 heavy (non-hydrogen) atoms. The number of benzene rings is 1. The van der Waals surface area contributed by atoms with Gasteiger partial charge in [-0.25, -0.2) is 4.79 Å². The highest BCUT2D eigenvalue weighted by Gasteiger charge is 2.25. The zero-order valence-electron chi connectivity index (χ0n) is 11.8. The molecule has 0 saturated carbocycles. The molecule has 0 fully saturated rings. The van der Waals surface area contributed by atoms with Gasteiger partial charge in [-0.2, -0.15) is 0 Å². The lowest BCUT2D eigenvalue weighted by Crippen LogP contribution is -2.23. The summed E-state index contributed by atoms with van der Waals surface area (Å²) in [7, 11) is 0. The van der Waals surface area contributed by atoms with Crippen molar-refractivity contribution in [2.24, 2.45) is 17.2 Å². The number of nitrogens with two attached hydrogens (primary N) is 3. The molecule has 1 unspecified atom stereocenters. The van der Waals surface area contributed by atoms with Gasteiger partial charge in [-0.3, -0.25) is 10.1 Å². The minimum atomic E-state index is -0.822. The highest BCUT2D eigenvalue weighted by molar-refractivity contribution is 6.30. The van der Waals surface area contributed by atoms with Crippen LogP contribution in [0.2, 0.25) is 5.02 Å². The van der Waals surface area contributed by atoms with Gasteiger partial charge >= 0.3 is 6.03 Å². The van der Waals surface area contributed by atoms with Crippen LogP contribution >= 0.6 is 11.6 Å². The summed E-state index contributed by atoms with van der Waals surface area (Å²) in [5, 5.41) is 2.87. The second-order valence-electron chi connectivity index (χ2n) is 4.82. The summed E-state index contributed by atoms with van der Waals surface area (Å²) in [5.41, 5.74) is 18.3. The van der Waals surface area contributed by atoms with Gasteiger partial charge in [0, 0.05) is 16.6 Å². The van der Waals surface area contributed by atoms with Crippen molar-refractivity contribution in [3.05, 3.63) is 40.4 Å². The number of urea groups is 1. The third-order valence-corrected chi connectivity index (χ3v) is 3.34. The van der Waals surface area contributed by atoms with E-state index in [1.807, 2.05) is 0 Å². The number of nitrogens with one attached hydrogen (secondary N) is 2. The van der Waals surface area contributed by atoms with Crippen molar-refractivity contribution < 1.29 is 9.59 Å². The Balaban J connectivity index is 2.72. The maximum Gasteiger partial charge on any atom is 0.317 e. The topological polar surface area (TPSA) is 140 Å². The normalized spacial score (nSPS) is 12.0. The Hall–Kier alpha value is -2.51. The second-order valence-corrected chi connectivity index (χ2v) is 5.25. The molecule has 0 aliphatic heterocycles. The quantitative estimate of drug-likeness (QED) is 0.587. The van der Waals surface area contributed by atoms with Gasteiger partial charge in [0.25, 0.3) is 5.91 Å². The molecular formula is C14H16ClN5O2. The molecule has 2 rings (SSSR count). The van der Waals surface area contributed by atoms with Crippen LogP contribution in [0.25, 0.3) is 11.3 Å². The van der Waals surface area contributed by atoms with Gasteiger partial charge in [-0.15, -0.1) is 0 Å². The van der Waals surface area contributed by atoms with Crippen molar-refractivity contribution in [2.75, 3.05) is 5.32 Å². The molecule has 1 aromatic carbocycles. The van der Waals surface area contributed by atoms with Crippen LogP contribution in [0.4, 0.5) is 10.6 Å². The monoisotopic (exact) mass is 321 g/mol. The summed E-state index contributed by atoms with van der Waals surface area (Å²) in [5.74, 6) is -0.608. The lowest BCUT2D eigenvalue weighted by molar-refractivity contribution is 0.1000. The average Bonchev–Trinajstić information content (AvgIpc) is 2.77. The fourth-order valence-electron chi connectivity index (χ4n) is 2.31. The Kier molecular flexibility index (Phi) is 4.39. The molecule has 1 heterocycles. The number of primary amides is 2. The van der Waals surface area contributed by atoms with E-state index < -0.39 is 18.0 Å². The number of anilines is 1. The van der Waals surface area contributed by atoms with E-state index in [1.54, 1.807) is 31.2 Å². The minimum absolute atomic E-state index is 0.101. The summed E-state index contributed by atoms with van der Waals surface area (Å²) in [6.07, 6.45) is 0. The number of amides is 3.